The molecule has 0 atom stereocenters. The molecular formula is C10H14N2OS. The van der Waals surface area contributed by atoms with Crippen LogP contribution < -0.4 is 15.8 Å². The molecule has 4 heteroatoms. The predicted molar refractivity (Wildman–Crippen MR) is 62.6 cm³/mol. The fourth-order valence-electron chi connectivity index (χ4n) is 1.03. The van der Waals surface area contributed by atoms with Gasteiger partial charge in [-0.05, 0) is 30.8 Å². The van der Waals surface area contributed by atoms with Gasteiger partial charge >= 0.3 is 0 Å². The van der Waals surface area contributed by atoms with Crippen molar-refractivity contribution in [2.24, 2.45) is 5.73 Å². The Kier molecular flexibility index (Phi) is 4.19. The summed E-state index contributed by atoms with van der Waals surface area (Å²) >= 11 is 4.73. The number of nitrogens with two attached hydrogens (primary N) is 1. The van der Waals surface area contributed by atoms with Crippen LogP contribution in [-0.4, -0.2) is 11.7 Å². The van der Waals surface area contributed by atoms with Gasteiger partial charge in [-0.15, -0.1) is 0 Å². The van der Waals surface area contributed by atoms with Crippen molar-refractivity contribution in [2.45, 2.75) is 13.3 Å². The van der Waals surface area contributed by atoms with Crippen molar-refractivity contribution in [1.82, 2.24) is 0 Å². The van der Waals surface area contributed by atoms with Crippen molar-refractivity contribution in [3.63, 3.8) is 0 Å². The van der Waals surface area contributed by atoms with Crippen molar-refractivity contribution in [2.75, 3.05) is 11.9 Å². The molecule has 1 aromatic rings. The van der Waals surface area contributed by atoms with Crippen molar-refractivity contribution in [3.8, 4) is 5.75 Å². The van der Waals surface area contributed by atoms with Crippen LogP contribution in [0.3, 0.4) is 0 Å². The van der Waals surface area contributed by atoms with Gasteiger partial charge in [0.15, 0.2) is 5.11 Å². The minimum Gasteiger partial charge on any atom is -0.494 e. The first-order valence-electron chi connectivity index (χ1n) is 4.51. The summed E-state index contributed by atoms with van der Waals surface area (Å²) in [6.45, 7) is 2.79. The summed E-state index contributed by atoms with van der Waals surface area (Å²) < 4.78 is 5.45. The van der Waals surface area contributed by atoms with E-state index in [-0.39, 0.29) is 5.11 Å². The fourth-order valence-corrected chi connectivity index (χ4v) is 1.14. The van der Waals surface area contributed by atoms with E-state index in [1.54, 1.807) is 0 Å². The first-order valence-corrected chi connectivity index (χ1v) is 4.92. The lowest BCUT2D eigenvalue weighted by molar-refractivity contribution is 0.317. The summed E-state index contributed by atoms with van der Waals surface area (Å²) in [4.78, 5) is 0. The SMILES string of the molecule is CCCOc1cccc(NC(N)=S)c1. The van der Waals surface area contributed by atoms with E-state index in [4.69, 9.17) is 22.7 Å². The predicted octanol–water partition coefficient (Wildman–Crippen LogP) is 2.13. The molecule has 0 saturated heterocycles. The monoisotopic (exact) mass is 210 g/mol. The standard InChI is InChI=1S/C10H14N2OS/c1-2-6-13-9-5-3-4-8(7-9)12-10(11)14/h3-5,7H,2,6H2,1H3,(H3,11,12,14). The smallest absolute Gasteiger partial charge is 0.168 e. The first-order chi connectivity index (χ1) is 6.72. The summed E-state index contributed by atoms with van der Waals surface area (Å²) in [7, 11) is 0. The van der Waals surface area contributed by atoms with Gasteiger partial charge in [-0.3, -0.25) is 0 Å². The van der Waals surface area contributed by atoms with Crippen LogP contribution in [0, 0.1) is 0 Å². The van der Waals surface area contributed by atoms with Gasteiger partial charge in [0, 0.05) is 11.8 Å². The maximum absolute atomic E-state index is 5.45. The van der Waals surface area contributed by atoms with Crippen molar-refractivity contribution < 1.29 is 4.74 Å². The molecule has 1 aromatic carbocycles. The Bertz CT molecular complexity index is 315. The molecule has 0 aliphatic carbocycles. The van der Waals surface area contributed by atoms with Gasteiger partial charge < -0.3 is 15.8 Å². The highest BCUT2D eigenvalue weighted by molar-refractivity contribution is 7.80. The van der Waals surface area contributed by atoms with E-state index >= 15 is 0 Å². The van der Waals surface area contributed by atoms with E-state index in [0.717, 1.165) is 24.5 Å². The van der Waals surface area contributed by atoms with Crippen LogP contribution >= 0.6 is 12.2 Å². The third-order valence-electron chi connectivity index (χ3n) is 1.57. The molecule has 0 aliphatic heterocycles. The molecule has 0 aromatic heterocycles. The van der Waals surface area contributed by atoms with E-state index < -0.39 is 0 Å². The molecule has 14 heavy (non-hydrogen) atoms. The second-order valence-corrected chi connectivity index (χ2v) is 3.31. The number of benzene rings is 1. The molecule has 76 valence electrons. The third kappa shape index (κ3) is 3.62. The van der Waals surface area contributed by atoms with Crippen LogP contribution in [0.1, 0.15) is 13.3 Å². The molecule has 0 bridgehead atoms. The van der Waals surface area contributed by atoms with Gasteiger partial charge in [0.1, 0.15) is 5.75 Å². The Labute approximate surface area is 89.3 Å². The van der Waals surface area contributed by atoms with Gasteiger partial charge in [0.2, 0.25) is 0 Å². The zero-order valence-corrected chi connectivity index (χ0v) is 8.93. The lowest BCUT2D eigenvalue weighted by atomic mass is 10.3. The van der Waals surface area contributed by atoms with Gasteiger partial charge in [-0.1, -0.05) is 13.0 Å². The summed E-state index contributed by atoms with van der Waals surface area (Å²) in [5, 5.41) is 3.11. The highest BCUT2D eigenvalue weighted by Gasteiger charge is 1.96. The minimum atomic E-state index is 0.262. The first kappa shape index (κ1) is 10.8. The molecule has 0 aliphatic rings. The fraction of sp³-hybridized carbons (Fsp3) is 0.300. The van der Waals surface area contributed by atoms with E-state index in [1.165, 1.54) is 0 Å². The Hall–Kier alpha value is -1.29. The van der Waals surface area contributed by atoms with Gasteiger partial charge in [0.25, 0.3) is 0 Å². The lowest BCUT2D eigenvalue weighted by Gasteiger charge is -2.07. The highest BCUT2D eigenvalue weighted by Crippen LogP contribution is 2.17. The molecule has 0 saturated carbocycles. The molecule has 0 fully saturated rings. The van der Waals surface area contributed by atoms with Gasteiger partial charge in [0.05, 0.1) is 6.61 Å². The van der Waals surface area contributed by atoms with Crippen LogP contribution in [-0.2, 0) is 0 Å². The number of thiocarbonyl (C=S) groups is 1. The largest absolute Gasteiger partial charge is 0.494 e. The maximum Gasteiger partial charge on any atom is 0.168 e. The number of hydrogen-bond acceptors (Lipinski definition) is 2. The topological polar surface area (TPSA) is 47.3 Å². The van der Waals surface area contributed by atoms with E-state index in [9.17, 15) is 0 Å². The Morgan fingerprint density at radius 2 is 2.36 bits per heavy atom. The van der Waals surface area contributed by atoms with E-state index in [1.807, 2.05) is 24.3 Å². The molecule has 0 spiro atoms. The summed E-state index contributed by atoms with van der Waals surface area (Å²) in [5.41, 5.74) is 6.21. The minimum absolute atomic E-state index is 0.262. The van der Waals surface area contributed by atoms with E-state index in [2.05, 4.69) is 12.2 Å². The van der Waals surface area contributed by atoms with Crippen LogP contribution in [0.2, 0.25) is 0 Å². The van der Waals surface area contributed by atoms with Crippen LogP contribution in [0.25, 0.3) is 0 Å². The third-order valence-corrected chi connectivity index (χ3v) is 1.68. The normalized spacial score (nSPS) is 9.50. The van der Waals surface area contributed by atoms with Gasteiger partial charge in [-0.2, -0.15) is 0 Å². The number of hydrogen-bond donors (Lipinski definition) is 2. The quantitative estimate of drug-likeness (QED) is 0.747. The Balaban J connectivity index is 2.63. The molecule has 0 radical (unpaired) electrons. The second kappa shape index (κ2) is 5.44. The average Bonchev–Trinajstić information content (AvgIpc) is 2.14. The molecule has 0 unspecified atom stereocenters. The summed E-state index contributed by atoms with van der Waals surface area (Å²) in [5.74, 6) is 0.827. The Morgan fingerprint density at radius 1 is 1.57 bits per heavy atom. The Morgan fingerprint density at radius 3 is 3.00 bits per heavy atom. The van der Waals surface area contributed by atoms with Crippen molar-refractivity contribution in [1.29, 1.82) is 0 Å². The zero-order valence-electron chi connectivity index (χ0n) is 8.12. The lowest BCUT2D eigenvalue weighted by Crippen LogP contribution is -2.18. The number of ether oxygens (including phenoxy) is 1. The van der Waals surface area contributed by atoms with Crippen LogP contribution in [0.15, 0.2) is 24.3 Å². The molecule has 3 nitrogen and oxygen atoms in total. The molecule has 1 rings (SSSR count). The second-order valence-electron chi connectivity index (χ2n) is 2.87. The molecular weight excluding hydrogens is 196 g/mol. The number of anilines is 1. The molecule has 0 amide bonds. The number of nitrogens with one attached hydrogen (secondary N) is 1. The van der Waals surface area contributed by atoms with Crippen molar-refractivity contribution in [3.05, 3.63) is 24.3 Å². The highest BCUT2D eigenvalue weighted by atomic mass is 32.1. The molecule has 3 N–H and O–H groups in total. The average molecular weight is 210 g/mol. The zero-order chi connectivity index (χ0) is 10.4. The molecule has 0 heterocycles. The van der Waals surface area contributed by atoms with Crippen LogP contribution in [0.5, 0.6) is 5.75 Å². The van der Waals surface area contributed by atoms with Crippen molar-refractivity contribution >= 4 is 23.0 Å². The van der Waals surface area contributed by atoms with Gasteiger partial charge in [-0.25, -0.2) is 0 Å². The van der Waals surface area contributed by atoms with Crippen LogP contribution in [0.4, 0.5) is 5.69 Å². The summed E-state index contributed by atoms with van der Waals surface area (Å²) in [6, 6.07) is 7.55. The number of rotatable bonds is 4. The van der Waals surface area contributed by atoms with E-state index in [0.29, 0.717) is 0 Å². The maximum atomic E-state index is 5.45. The summed E-state index contributed by atoms with van der Waals surface area (Å²) in [6.07, 6.45) is 0.993.